The highest BCUT2D eigenvalue weighted by molar-refractivity contribution is 5.97. The standard InChI is InChI=1S/C15H16N2O3/c1-16-13-5-3-2-4-10(13)8-12(14(16)19)15(20)17-7-6-11(18)9-17/h2-5,8,11,18H,6-7,9H2,1H3/t11-/m0/s1. The highest BCUT2D eigenvalue weighted by Crippen LogP contribution is 2.16. The highest BCUT2D eigenvalue weighted by atomic mass is 16.3. The molecule has 1 fully saturated rings. The first-order valence-electron chi connectivity index (χ1n) is 6.64. The van der Waals surface area contributed by atoms with E-state index in [-0.39, 0.29) is 17.0 Å². The molecular formula is C15H16N2O3. The number of aliphatic hydroxyl groups is 1. The maximum absolute atomic E-state index is 12.4. The van der Waals surface area contributed by atoms with Crippen molar-refractivity contribution in [2.45, 2.75) is 12.5 Å². The van der Waals surface area contributed by atoms with Gasteiger partial charge < -0.3 is 14.6 Å². The Kier molecular flexibility index (Phi) is 3.06. The molecule has 0 bridgehead atoms. The minimum atomic E-state index is -0.483. The summed E-state index contributed by atoms with van der Waals surface area (Å²) in [5.74, 6) is -0.298. The number of pyridine rings is 1. The second-order valence-electron chi connectivity index (χ2n) is 5.17. The van der Waals surface area contributed by atoms with Crippen molar-refractivity contribution < 1.29 is 9.90 Å². The fourth-order valence-corrected chi connectivity index (χ4v) is 2.67. The van der Waals surface area contributed by atoms with Gasteiger partial charge in [-0.15, -0.1) is 0 Å². The number of β-amino-alcohol motifs (C(OH)–C–C–N with tert-alkyl or cyclic N) is 1. The lowest BCUT2D eigenvalue weighted by atomic mass is 10.1. The van der Waals surface area contributed by atoms with Gasteiger partial charge >= 0.3 is 0 Å². The number of aromatic nitrogens is 1. The first-order chi connectivity index (χ1) is 9.58. The van der Waals surface area contributed by atoms with Crippen molar-refractivity contribution in [1.82, 2.24) is 9.47 Å². The minimum Gasteiger partial charge on any atom is -0.391 e. The van der Waals surface area contributed by atoms with Gasteiger partial charge in [-0.05, 0) is 23.9 Å². The number of rotatable bonds is 1. The highest BCUT2D eigenvalue weighted by Gasteiger charge is 2.27. The predicted molar refractivity (Wildman–Crippen MR) is 75.7 cm³/mol. The Bertz CT molecular complexity index is 735. The van der Waals surface area contributed by atoms with Gasteiger partial charge in [-0.1, -0.05) is 18.2 Å². The van der Waals surface area contributed by atoms with Gasteiger partial charge in [-0.25, -0.2) is 0 Å². The summed E-state index contributed by atoms with van der Waals surface area (Å²) in [7, 11) is 1.67. The Morgan fingerprint density at radius 1 is 1.35 bits per heavy atom. The van der Waals surface area contributed by atoms with Crippen LogP contribution in [-0.2, 0) is 7.05 Å². The predicted octanol–water partition coefficient (Wildman–Crippen LogP) is 0.745. The van der Waals surface area contributed by atoms with Crippen molar-refractivity contribution in [3.63, 3.8) is 0 Å². The summed E-state index contributed by atoms with van der Waals surface area (Å²) in [6.45, 7) is 0.796. The number of para-hydroxylation sites is 1. The van der Waals surface area contributed by atoms with Crippen LogP contribution in [0.4, 0.5) is 0 Å². The van der Waals surface area contributed by atoms with Gasteiger partial charge in [0.2, 0.25) is 0 Å². The lowest BCUT2D eigenvalue weighted by Crippen LogP contribution is -2.35. The van der Waals surface area contributed by atoms with Crippen LogP contribution in [0.15, 0.2) is 35.1 Å². The number of carbonyl (C=O) groups is 1. The average molecular weight is 272 g/mol. The number of carbonyl (C=O) groups excluding carboxylic acids is 1. The molecule has 0 spiro atoms. The maximum Gasteiger partial charge on any atom is 0.263 e. The van der Waals surface area contributed by atoms with E-state index < -0.39 is 6.10 Å². The maximum atomic E-state index is 12.4. The van der Waals surface area contributed by atoms with Gasteiger partial charge in [-0.3, -0.25) is 9.59 Å². The zero-order chi connectivity index (χ0) is 14.3. The minimum absolute atomic E-state index is 0.167. The number of hydrogen-bond acceptors (Lipinski definition) is 3. The molecule has 2 aromatic rings. The monoisotopic (exact) mass is 272 g/mol. The van der Waals surface area contributed by atoms with E-state index in [0.717, 1.165) is 10.9 Å². The van der Waals surface area contributed by atoms with Crippen molar-refractivity contribution in [2.24, 2.45) is 7.05 Å². The van der Waals surface area contributed by atoms with E-state index >= 15 is 0 Å². The molecule has 1 aromatic heterocycles. The molecule has 0 aliphatic carbocycles. The summed E-state index contributed by atoms with van der Waals surface area (Å²) in [6.07, 6.45) is 0.0860. The third-order valence-electron chi connectivity index (χ3n) is 3.81. The molecule has 1 atom stereocenters. The molecule has 1 aliphatic heterocycles. The molecule has 1 amide bonds. The summed E-state index contributed by atoms with van der Waals surface area (Å²) < 4.78 is 1.50. The fourth-order valence-electron chi connectivity index (χ4n) is 2.67. The molecule has 20 heavy (non-hydrogen) atoms. The van der Waals surface area contributed by atoms with Crippen LogP contribution in [0.25, 0.3) is 10.9 Å². The topological polar surface area (TPSA) is 62.5 Å². The number of aliphatic hydroxyl groups excluding tert-OH is 1. The van der Waals surface area contributed by atoms with E-state index in [0.29, 0.717) is 19.5 Å². The quantitative estimate of drug-likeness (QED) is 0.833. The average Bonchev–Trinajstić information content (AvgIpc) is 2.89. The van der Waals surface area contributed by atoms with Gasteiger partial charge in [-0.2, -0.15) is 0 Å². The number of benzene rings is 1. The second kappa shape index (κ2) is 4.76. The summed E-state index contributed by atoms with van der Waals surface area (Å²) in [5.41, 5.74) is 0.672. The second-order valence-corrected chi connectivity index (χ2v) is 5.17. The van der Waals surface area contributed by atoms with Gasteiger partial charge in [0.15, 0.2) is 0 Å². The van der Waals surface area contributed by atoms with E-state index in [1.165, 1.54) is 9.47 Å². The third-order valence-corrected chi connectivity index (χ3v) is 3.81. The number of aryl methyl sites for hydroxylation is 1. The molecule has 1 N–H and O–H groups in total. The van der Waals surface area contributed by atoms with Gasteiger partial charge in [0.25, 0.3) is 11.5 Å². The number of nitrogens with zero attached hydrogens (tertiary/aromatic N) is 2. The van der Waals surface area contributed by atoms with Crippen LogP contribution in [0.2, 0.25) is 0 Å². The first kappa shape index (κ1) is 12.9. The molecule has 5 heteroatoms. The van der Waals surface area contributed by atoms with Crippen LogP contribution in [0.1, 0.15) is 16.8 Å². The summed E-state index contributed by atoms with van der Waals surface area (Å²) in [5, 5.41) is 10.4. The van der Waals surface area contributed by atoms with Crippen molar-refractivity contribution in [3.05, 3.63) is 46.2 Å². The number of likely N-dealkylation sites (tertiary alicyclic amines) is 1. The SMILES string of the molecule is Cn1c(=O)c(C(=O)N2CC[C@H](O)C2)cc2ccccc21. The molecule has 0 unspecified atom stereocenters. The van der Waals surface area contributed by atoms with Gasteiger partial charge in [0.1, 0.15) is 5.56 Å². The number of fused-ring (bicyclic) bond motifs is 1. The molecule has 2 heterocycles. The van der Waals surface area contributed by atoms with Gasteiger partial charge in [0, 0.05) is 20.1 Å². The molecular weight excluding hydrogens is 256 g/mol. The molecule has 0 saturated carbocycles. The molecule has 5 nitrogen and oxygen atoms in total. The van der Waals surface area contributed by atoms with E-state index in [2.05, 4.69) is 0 Å². The van der Waals surface area contributed by atoms with Crippen LogP contribution < -0.4 is 5.56 Å². The number of hydrogen-bond donors (Lipinski definition) is 1. The van der Waals surface area contributed by atoms with Crippen molar-refractivity contribution in [2.75, 3.05) is 13.1 Å². The lowest BCUT2D eigenvalue weighted by molar-refractivity contribution is 0.0763. The first-order valence-corrected chi connectivity index (χ1v) is 6.64. The molecule has 3 rings (SSSR count). The Morgan fingerprint density at radius 3 is 2.80 bits per heavy atom. The van der Waals surface area contributed by atoms with Crippen LogP contribution in [0.3, 0.4) is 0 Å². The van der Waals surface area contributed by atoms with Crippen molar-refractivity contribution in [3.8, 4) is 0 Å². The Morgan fingerprint density at radius 2 is 2.10 bits per heavy atom. The van der Waals surface area contributed by atoms with E-state index in [1.807, 2.05) is 24.3 Å². The molecule has 1 aromatic carbocycles. The Hall–Kier alpha value is -2.14. The van der Waals surface area contributed by atoms with Gasteiger partial charge in [0.05, 0.1) is 11.6 Å². The summed E-state index contributed by atoms with van der Waals surface area (Å²) in [4.78, 5) is 26.3. The van der Waals surface area contributed by atoms with E-state index in [9.17, 15) is 14.7 Å². The fraction of sp³-hybridized carbons (Fsp3) is 0.333. The number of amides is 1. The van der Waals surface area contributed by atoms with E-state index in [4.69, 9.17) is 0 Å². The normalized spacial score (nSPS) is 18.7. The zero-order valence-electron chi connectivity index (χ0n) is 11.2. The molecule has 104 valence electrons. The summed E-state index contributed by atoms with van der Waals surface area (Å²) >= 11 is 0. The van der Waals surface area contributed by atoms with Crippen LogP contribution in [0.5, 0.6) is 0 Å². The Balaban J connectivity index is 2.10. The molecule has 1 saturated heterocycles. The zero-order valence-corrected chi connectivity index (χ0v) is 11.2. The van der Waals surface area contributed by atoms with Crippen LogP contribution >= 0.6 is 0 Å². The molecule has 1 aliphatic rings. The van der Waals surface area contributed by atoms with Crippen molar-refractivity contribution in [1.29, 1.82) is 0 Å². The van der Waals surface area contributed by atoms with E-state index in [1.54, 1.807) is 13.1 Å². The van der Waals surface area contributed by atoms with Crippen LogP contribution in [0, 0.1) is 0 Å². The lowest BCUT2D eigenvalue weighted by Gasteiger charge is -2.16. The largest absolute Gasteiger partial charge is 0.391 e. The summed E-state index contributed by atoms with van der Waals surface area (Å²) in [6, 6.07) is 9.11. The van der Waals surface area contributed by atoms with Crippen molar-refractivity contribution >= 4 is 16.8 Å². The smallest absolute Gasteiger partial charge is 0.263 e. The third kappa shape index (κ3) is 2.00. The Labute approximate surface area is 116 Å². The van der Waals surface area contributed by atoms with Crippen LogP contribution in [-0.4, -0.2) is 39.7 Å². The molecule has 0 radical (unpaired) electrons.